The Morgan fingerprint density at radius 2 is 2.00 bits per heavy atom. The summed E-state index contributed by atoms with van der Waals surface area (Å²) in [5, 5.41) is 9.13. The monoisotopic (exact) mass is 231 g/mol. The van der Waals surface area contributed by atoms with Gasteiger partial charge in [-0.25, -0.2) is 0 Å². The van der Waals surface area contributed by atoms with E-state index >= 15 is 0 Å². The van der Waals surface area contributed by atoms with Crippen molar-refractivity contribution < 1.29 is 0 Å². The maximum absolute atomic E-state index is 4.42. The van der Waals surface area contributed by atoms with Crippen LogP contribution in [0.25, 0.3) is 10.9 Å². The van der Waals surface area contributed by atoms with Crippen LogP contribution in [-0.2, 0) is 6.54 Å². The molecule has 0 aliphatic carbocycles. The predicted octanol–water partition coefficient (Wildman–Crippen LogP) is 2.81. The molecule has 0 bridgehead atoms. The highest BCUT2D eigenvalue weighted by molar-refractivity contribution is 5.78. The molecule has 2 aromatic rings. The molecule has 3 heteroatoms. The van der Waals surface area contributed by atoms with Gasteiger partial charge in [0.2, 0.25) is 0 Å². The average Bonchev–Trinajstić information content (AvgIpc) is 2.67. The van der Waals surface area contributed by atoms with E-state index in [9.17, 15) is 0 Å². The van der Waals surface area contributed by atoms with Crippen LogP contribution in [0, 0.1) is 0 Å². The van der Waals surface area contributed by atoms with Crippen molar-refractivity contribution in [3.63, 3.8) is 0 Å². The van der Waals surface area contributed by atoms with Crippen molar-refractivity contribution in [2.24, 2.45) is 0 Å². The SMILES string of the molecule is CC(C)(C)NCCCn1ncc2ccccc21. The van der Waals surface area contributed by atoms with Crippen molar-refractivity contribution in [2.45, 2.75) is 39.3 Å². The lowest BCUT2D eigenvalue weighted by molar-refractivity contribution is 0.411. The predicted molar refractivity (Wildman–Crippen MR) is 72.1 cm³/mol. The van der Waals surface area contributed by atoms with Gasteiger partial charge in [-0.1, -0.05) is 18.2 Å². The minimum atomic E-state index is 0.201. The molecule has 0 fully saturated rings. The second kappa shape index (κ2) is 4.88. The first-order chi connectivity index (χ1) is 8.06. The summed E-state index contributed by atoms with van der Waals surface area (Å²) in [6, 6.07) is 8.34. The van der Waals surface area contributed by atoms with Crippen LogP contribution in [0.5, 0.6) is 0 Å². The highest BCUT2D eigenvalue weighted by Crippen LogP contribution is 2.12. The number of nitrogens with one attached hydrogen (secondary N) is 1. The second-order valence-electron chi connectivity index (χ2n) is 5.46. The van der Waals surface area contributed by atoms with Crippen LogP contribution < -0.4 is 5.32 Å². The number of aryl methyl sites for hydroxylation is 1. The molecule has 0 saturated heterocycles. The molecule has 1 heterocycles. The zero-order valence-corrected chi connectivity index (χ0v) is 10.9. The van der Waals surface area contributed by atoms with Gasteiger partial charge in [0, 0.05) is 17.5 Å². The normalized spacial score (nSPS) is 12.2. The fraction of sp³-hybridized carbons (Fsp3) is 0.500. The first-order valence-electron chi connectivity index (χ1n) is 6.22. The quantitative estimate of drug-likeness (QED) is 0.820. The number of benzene rings is 1. The summed E-state index contributed by atoms with van der Waals surface area (Å²) in [6.45, 7) is 8.57. The van der Waals surface area contributed by atoms with Gasteiger partial charge >= 0.3 is 0 Å². The third kappa shape index (κ3) is 3.30. The van der Waals surface area contributed by atoms with Crippen molar-refractivity contribution in [1.29, 1.82) is 0 Å². The lowest BCUT2D eigenvalue weighted by atomic mass is 10.1. The van der Waals surface area contributed by atoms with Gasteiger partial charge in [-0.05, 0) is 39.8 Å². The Hall–Kier alpha value is -1.35. The smallest absolute Gasteiger partial charge is 0.0682 e. The van der Waals surface area contributed by atoms with E-state index in [0.29, 0.717) is 0 Å². The van der Waals surface area contributed by atoms with E-state index in [4.69, 9.17) is 0 Å². The molecule has 0 saturated carbocycles. The van der Waals surface area contributed by atoms with Crippen LogP contribution in [0.15, 0.2) is 30.5 Å². The van der Waals surface area contributed by atoms with E-state index in [-0.39, 0.29) is 5.54 Å². The van der Waals surface area contributed by atoms with Gasteiger partial charge in [0.15, 0.2) is 0 Å². The lowest BCUT2D eigenvalue weighted by Gasteiger charge is -2.20. The van der Waals surface area contributed by atoms with Crippen LogP contribution in [0.4, 0.5) is 0 Å². The van der Waals surface area contributed by atoms with E-state index in [2.05, 4.69) is 60.1 Å². The summed E-state index contributed by atoms with van der Waals surface area (Å²) in [7, 11) is 0. The van der Waals surface area contributed by atoms with Crippen molar-refractivity contribution in [2.75, 3.05) is 6.54 Å². The first kappa shape index (κ1) is 12.1. The van der Waals surface area contributed by atoms with E-state index in [1.807, 2.05) is 6.20 Å². The van der Waals surface area contributed by atoms with Crippen molar-refractivity contribution in [3.05, 3.63) is 30.5 Å². The molecular weight excluding hydrogens is 210 g/mol. The van der Waals surface area contributed by atoms with Crippen molar-refractivity contribution >= 4 is 10.9 Å². The van der Waals surface area contributed by atoms with Gasteiger partial charge in [-0.15, -0.1) is 0 Å². The Labute approximate surface area is 103 Å². The minimum Gasteiger partial charge on any atom is -0.312 e. The Morgan fingerprint density at radius 1 is 1.24 bits per heavy atom. The topological polar surface area (TPSA) is 29.9 Å². The number of rotatable bonds is 4. The van der Waals surface area contributed by atoms with Crippen molar-refractivity contribution in [1.82, 2.24) is 15.1 Å². The summed E-state index contributed by atoms with van der Waals surface area (Å²) < 4.78 is 2.08. The summed E-state index contributed by atoms with van der Waals surface area (Å²) in [4.78, 5) is 0. The third-order valence-corrected chi connectivity index (χ3v) is 2.75. The lowest BCUT2D eigenvalue weighted by Crippen LogP contribution is -2.36. The molecule has 0 amide bonds. The van der Waals surface area contributed by atoms with E-state index < -0.39 is 0 Å². The number of fused-ring (bicyclic) bond motifs is 1. The summed E-state index contributed by atoms with van der Waals surface area (Å²) in [5.74, 6) is 0. The largest absolute Gasteiger partial charge is 0.312 e. The third-order valence-electron chi connectivity index (χ3n) is 2.75. The molecule has 0 aliphatic heterocycles. The van der Waals surface area contributed by atoms with Crippen LogP contribution in [0.3, 0.4) is 0 Å². The first-order valence-corrected chi connectivity index (χ1v) is 6.22. The van der Waals surface area contributed by atoms with Crippen LogP contribution in [0.1, 0.15) is 27.2 Å². The van der Waals surface area contributed by atoms with Gasteiger partial charge in [0.05, 0.1) is 11.7 Å². The molecule has 0 atom stereocenters. The molecule has 2 rings (SSSR count). The van der Waals surface area contributed by atoms with E-state index in [0.717, 1.165) is 19.5 Å². The molecule has 1 aromatic heterocycles. The number of para-hydroxylation sites is 1. The molecule has 0 radical (unpaired) electrons. The van der Waals surface area contributed by atoms with E-state index in [1.165, 1.54) is 10.9 Å². The minimum absolute atomic E-state index is 0.201. The van der Waals surface area contributed by atoms with Crippen LogP contribution in [-0.4, -0.2) is 21.9 Å². The molecule has 17 heavy (non-hydrogen) atoms. The highest BCUT2D eigenvalue weighted by atomic mass is 15.3. The summed E-state index contributed by atoms with van der Waals surface area (Å²) >= 11 is 0. The number of hydrogen-bond donors (Lipinski definition) is 1. The molecule has 0 spiro atoms. The number of hydrogen-bond acceptors (Lipinski definition) is 2. The Morgan fingerprint density at radius 3 is 2.76 bits per heavy atom. The maximum Gasteiger partial charge on any atom is 0.0682 e. The molecule has 0 aliphatic rings. The van der Waals surface area contributed by atoms with Gasteiger partial charge in [0.1, 0.15) is 0 Å². The molecule has 92 valence electrons. The standard InChI is InChI=1S/C14H21N3/c1-14(2,3)15-9-6-10-17-13-8-5-4-7-12(13)11-16-17/h4-5,7-8,11,15H,6,9-10H2,1-3H3. The van der Waals surface area contributed by atoms with Crippen LogP contribution in [0.2, 0.25) is 0 Å². The number of aromatic nitrogens is 2. The number of nitrogens with zero attached hydrogens (tertiary/aromatic N) is 2. The fourth-order valence-corrected chi connectivity index (χ4v) is 1.90. The molecule has 1 N–H and O–H groups in total. The van der Waals surface area contributed by atoms with Crippen LogP contribution >= 0.6 is 0 Å². The van der Waals surface area contributed by atoms with Gasteiger partial charge in [-0.2, -0.15) is 5.10 Å². The molecular formula is C14H21N3. The Bertz CT molecular complexity index is 479. The summed E-state index contributed by atoms with van der Waals surface area (Å²) in [5.41, 5.74) is 1.43. The maximum atomic E-state index is 4.42. The zero-order chi connectivity index (χ0) is 12.3. The molecule has 1 aromatic carbocycles. The molecule has 0 unspecified atom stereocenters. The Kier molecular flexibility index (Phi) is 3.48. The zero-order valence-electron chi connectivity index (χ0n) is 10.9. The average molecular weight is 231 g/mol. The van der Waals surface area contributed by atoms with Gasteiger partial charge in [0.25, 0.3) is 0 Å². The Balaban J connectivity index is 1.91. The fourth-order valence-electron chi connectivity index (χ4n) is 1.90. The second-order valence-corrected chi connectivity index (χ2v) is 5.46. The molecule has 3 nitrogen and oxygen atoms in total. The van der Waals surface area contributed by atoms with Crippen molar-refractivity contribution in [3.8, 4) is 0 Å². The van der Waals surface area contributed by atoms with Gasteiger partial charge in [-0.3, -0.25) is 4.68 Å². The summed E-state index contributed by atoms with van der Waals surface area (Å²) in [6.07, 6.45) is 3.04. The van der Waals surface area contributed by atoms with Gasteiger partial charge < -0.3 is 5.32 Å². The van der Waals surface area contributed by atoms with E-state index in [1.54, 1.807) is 0 Å². The highest BCUT2D eigenvalue weighted by Gasteiger charge is 2.07.